The van der Waals surface area contributed by atoms with Gasteiger partial charge in [0, 0.05) is 33.8 Å². The van der Waals surface area contributed by atoms with Crippen molar-refractivity contribution in [3.8, 4) is 17.0 Å². The van der Waals surface area contributed by atoms with Gasteiger partial charge in [-0.25, -0.2) is 4.79 Å². The molecule has 0 spiro atoms. The molecule has 2 aromatic carbocycles. The second kappa shape index (κ2) is 13.2. The van der Waals surface area contributed by atoms with Crippen molar-refractivity contribution in [3.63, 3.8) is 0 Å². The number of carbonyl (C=O) groups excluding carboxylic acids is 2. The largest absolute Gasteiger partial charge is 0.497 e. The molecule has 4 aromatic rings. The highest BCUT2D eigenvalue weighted by molar-refractivity contribution is 7.98. The van der Waals surface area contributed by atoms with Gasteiger partial charge in [-0.05, 0) is 97.7 Å². The topological polar surface area (TPSA) is 87.4 Å². The van der Waals surface area contributed by atoms with Crippen LogP contribution in [0.2, 0.25) is 0 Å². The number of aromatic nitrogens is 3. The van der Waals surface area contributed by atoms with E-state index in [9.17, 15) is 9.59 Å². The number of nitrogens with one attached hydrogen (secondary N) is 1. The fraction of sp³-hybridized carbons (Fsp3) is 0.417. The number of hydrogen-bond donors (Lipinski definition) is 1. The van der Waals surface area contributed by atoms with Gasteiger partial charge in [0.1, 0.15) is 11.3 Å². The number of esters is 1. The summed E-state index contributed by atoms with van der Waals surface area (Å²) in [6, 6.07) is 12.4. The molecule has 45 heavy (non-hydrogen) atoms. The molecule has 0 bridgehead atoms. The number of benzene rings is 2. The minimum absolute atomic E-state index is 0.103. The lowest BCUT2D eigenvalue weighted by Gasteiger charge is -2.24. The summed E-state index contributed by atoms with van der Waals surface area (Å²) in [5.74, 6) is 0.699. The van der Waals surface area contributed by atoms with Gasteiger partial charge in [0.05, 0.1) is 37.8 Å². The van der Waals surface area contributed by atoms with Crippen LogP contribution in [0.1, 0.15) is 103 Å². The molecule has 0 atom stereocenters. The van der Waals surface area contributed by atoms with E-state index in [1.807, 2.05) is 36.7 Å². The third-order valence-corrected chi connectivity index (χ3v) is 9.65. The predicted molar refractivity (Wildman–Crippen MR) is 182 cm³/mol. The Labute approximate surface area is 269 Å². The Morgan fingerprint density at radius 3 is 2.58 bits per heavy atom. The van der Waals surface area contributed by atoms with Crippen molar-refractivity contribution < 1.29 is 19.1 Å². The first kappa shape index (κ1) is 31.0. The van der Waals surface area contributed by atoms with E-state index in [1.54, 1.807) is 13.3 Å². The van der Waals surface area contributed by atoms with Crippen LogP contribution in [-0.4, -0.2) is 45.2 Å². The molecule has 1 aliphatic heterocycles. The van der Waals surface area contributed by atoms with Gasteiger partial charge in [-0.2, -0.15) is 5.10 Å². The maximum atomic E-state index is 13.3. The monoisotopic (exact) mass is 626 g/mol. The first-order valence-corrected chi connectivity index (χ1v) is 17.0. The standard InChI is InChI=1S/C36H42N4O4S/c1-6-40-33(30(20-37-40)36(42)44-7-2)26-17-25-18-27(43-5)14-16-28(25)34-32(23-11-9-8-10-12-23)29-15-13-24(19-31(29)39(34)21-26)35(41)38-45-22(3)4/h13-20,22-23H,6-12,21H2,1-5H3,(H,38,41). The van der Waals surface area contributed by atoms with Crippen LogP contribution in [0.25, 0.3) is 33.8 Å². The molecule has 2 aromatic heterocycles. The Kier molecular flexibility index (Phi) is 9.08. The summed E-state index contributed by atoms with van der Waals surface area (Å²) in [6.45, 7) is 9.34. The van der Waals surface area contributed by atoms with E-state index >= 15 is 0 Å². The average molecular weight is 627 g/mol. The van der Waals surface area contributed by atoms with Crippen molar-refractivity contribution in [2.75, 3.05) is 13.7 Å². The van der Waals surface area contributed by atoms with Crippen LogP contribution in [-0.2, 0) is 17.8 Å². The Morgan fingerprint density at radius 1 is 1.07 bits per heavy atom. The number of methoxy groups -OCH3 is 1. The quantitative estimate of drug-likeness (QED) is 0.149. The van der Waals surface area contributed by atoms with Crippen LogP contribution in [0.4, 0.5) is 0 Å². The smallest absolute Gasteiger partial charge is 0.341 e. The van der Waals surface area contributed by atoms with Crippen molar-refractivity contribution in [1.82, 2.24) is 19.1 Å². The van der Waals surface area contributed by atoms with Gasteiger partial charge in [0.2, 0.25) is 0 Å². The van der Waals surface area contributed by atoms with Crippen molar-refractivity contribution in [2.24, 2.45) is 0 Å². The molecule has 0 saturated heterocycles. The molecule has 0 unspecified atom stereocenters. The minimum atomic E-state index is -0.384. The van der Waals surface area contributed by atoms with Crippen molar-refractivity contribution in [2.45, 2.75) is 84.1 Å². The van der Waals surface area contributed by atoms with Crippen LogP contribution >= 0.6 is 11.9 Å². The molecule has 1 aliphatic carbocycles. The van der Waals surface area contributed by atoms with Gasteiger partial charge >= 0.3 is 5.97 Å². The van der Waals surface area contributed by atoms with E-state index < -0.39 is 0 Å². The van der Waals surface area contributed by atoms with E-state index in [0.717, 1.165) is 46.5 Å². The fourth-order valence-corrected chi connectivity index (χ4v) is 7.34. The van der Waals surface area contributed by atoms with Gasteiger partial charge in [0.25, 0.3) is 5.91 Å². The summed E-state index contributed by atoms with van der Waals surface area (Å²) in [5, 5.41) is 6.05. The van der Waals surface area contributed by atoms with E-state index in [-0.39, 0.29) is 23.7 Å². The number of hydrogen-bond acceptors (Lipinski definition) is 6. The van der Waals surface area contributed by atoms with Crippen LogP contribution < -0.4 is 9.46 Å². The van der Waals surface area contributed by atoms with Gasteiger partial charge in [-0.15, -0.1) is 0 Å². The molecular weight excluding hydrogens is 584 g/mol. The number of ether oxygens (including phenoxy) is 2. The summed E-state index contributed by atoms with van der Waals surface area (Å²) in [5.41, 5.74) is 8.46. The predicted octanol–water partition coefficient (Wildman–Crippen LogP) is 8.10. The minimum Gasteiger partial charge on any atom is -0.497 e. The lowest BCUT2D eigenvalue weighted by Crippen LogP contribution is -2.18. The number of fused-ring (bicyclic) bond motifs is 5. The van der Waals surface area contributed by atoms with Crippen molar-refractivity contribution >= 4 is 46.4 Å². The van der Waals surface area contributed by atoms with Gasteiger partial charge in [-0.3, -0.25) is 14.2 Å². The summed E-state index contributed by atoms with van der Waals surface area (Å²) >= 11 is 1.42. The normalized spacial score (nSPS) is 14.9. The number of amides is 1. The number of carbonyl (C=O) groups is 2. The first-order valence-electron chi connectivity index (χ1n) is 16.1. The number of allylic oxidation sites excluding steroid dienone is 1. The summed E-state index contributed by atoms with van der Waals surface area (Å²) in [4.78, 5) is 26.5. The summed E-state index contributed by atoms with van der Waals surface area (Å²) in [7, 11) is 1.68. The first-order chi connectivity index (χ1) is 21.8. The Hall–Kier alpha value is -3.98. The van der Waals surface area contributed by atoms with Crippen LogP contribution in [0.15, 0.2) is 42.6 Å². The van der Waals surface area contributed by atoms with E-state index in [2.05, 4.69) is 52.5 Å². The number of aryl methyl sites for hydroxylation is 1. The van der Waals surface area contributed by atoms with E-state index in [0.29, 0.717) is 30.1 Å². The van der Waals surface area contributed by atoms with E-state index in [1.165, 1.54) is 47.9 Å². The fourth-order valence-electron chi connectivity index (χ4n) is 6.88. The molecule has 1 amide bonds. The zero-order valence-electron chi connectivity index (χ0n) is 26.8. The van der Waals surface area contributed by atoms with E-state index in [4.69, 9.17) is 9.47 Å². The molecule has 1 N–H and O–H groups in total. The molecule has 8 nitrogen and oxygen atoms in total. The Morgan fingerprint density at radius 2 is 1.87 bits per heavy atom. The molecule has 2 aliphatic rings. The lowest BCUT2D eigenvalue weighted by molar-refractivity contribution is 0.0525. The molecular formula is C36H42N4O4S. The molecule has 6 rings (SSSR count). The molecule has 236 valence electrons. The third-order valence-electron chi connectivity index (χ3n) is 8.88. The maximum absolute atomic E-state index is 13.3. The highest BCUT2D eigenvalue weighted by atomic mass is 32.2. The molecule has 1 saturated carbocycles. The zero-order chi connectivity index (χ0) is 31.7. The average Bonchev–Trinajstić information content (AvgIpc) is 3.58. The van der Waals surface area contributed by atoms with Gasteiger partial charge in [0.15, 0.2) is 0 Å². The maximum Gasteiger partial charge on any atom is 0.341 e. The molecule has 1 fully saturated rings. The van der Waals surface area contributed by atoms with Crippen LogP contribution in [0.5, 0.6) is 5.75 Å². The summed E-state index contributed by atoms with van der Waals surface area (Å²) < 4.78 is 18.4. The van der Waals surface area contributed by atoms with Gasteiger partial charge < -0.3 is 14.0 Å². The van der Waals surface area contributed by atoms with Gasteiger partial charge in [-0.1, -0.05) is 39.2 Å². The Balaban J connectivity index is 1.63. The summed E-state index contributed by atoms with van der Waals surface area (Å²) in [6.07, 6.45) is 9.75. The molecule has 0 radical (unpaired) electrons. The molecule has 9 heteroatoms. The third kappa shape index (κ3) is 5.90. The lowest BCUT2D eigenvalue weighted by atomic mass is 9.81. The van der Waals surface area contributed by atoms with Crippen molar-refractivity contribution in [3.05, 3.63) is 70.5 Å². The highest BCUT2D eigenvalue weighted by Crippen LogP contribution is 2.48. The Bertz CT molecular complexity index is 1780. The van der Waals surface area contributed by atoms with Crippen LogP contribution in [0, 0.1) is 0 Å². The molecule has 3 heterocycles. The zero-order valence-corrected chi connectivity index (χ0v) is 27.6. The van der Waals surface area contributed by atoms with Crippen LogP contribution in [0.3, 0.4) is 0 Å². The SMILES string of the molecule is CCOC(=O)c1cnn(CC)c1C1=Cc2cc(OC)ccc2-c2c(C3CCCCC3)c3ccc(C(=O)NSC(C)C)cc3n2C1. The van der Waals surface area contributed by atoms with Crippen molar-refractivity contribution in [1.29, 1.82) is 0 Å². The second-order valence-electron chi connectivity index (χ2n) is 12.1. The second-order valence-corrected chi connectivity index (χ2v) is 13.5. The highest BCUT2D eigenvalue weighted by Gasteiger charge is 2.31. The number of nitrogens with zero attached hydrogens (tertiary/aromatic N) is 3. The number of rotatable bonds is 9.